The van der Waals surface area contributed by atoms with Crippen molar-refractivity contribution in [3.63, 3.8) is 0 Å². The standard InChI is InChI=1S/C19H27N3OS/c1-6-21(7-2)17-11-9-16(10-12-17)20-13-18-22(8-3)14(4)19(24-18)15(5)23/h9-13,18H,6-8H2,1-5H3. The van der Waals surface area contributed by atoms with Crippen molar-refractivity contribution in [3.05, 3.63) is 34.9 Å². The number of carbonyl (C=O) groups is 1. The Morgan fingerprint density at radius 3 is 2.38 bits per heavy atom. The van der Waals surface area contributed by atoms with Crippen LogP contribution in [0.15, 0.2) is 39.9 Å². The van der Waals surface area contributed by atoms with Gasteiger partial charge < -0.3 is 9.80 Å². The summed E-state index contributed by atoms with van der Waals surface area (Å²) < 4.78 is 0. The largest absolute Gasteiger partial charge is 0.372 e. The number of benzene rings is 1. The van der Waals surface area contributed by atoms with Gasteiger partial charge in [0.1, 0.15) is 5.37 Å². The molecule has 0 saturated carbocycles. The van der Waals surface area contributed by atoms with Crippen LogP contribution in [-0.2, 0) is 4.79 Å². The zero-order chi connectivity index (χ0) is 17.7. The van der Waals surface area contributed by atoms with Crippen molar-refractivity contribution in [2.45, 2.75) is 40.0 Å². The Balaban J connectivity index is 2.10. The molecule has 2 rings (SSSR count). The van der Waals surface area contributed by atoms with E-state index in [0.29, 0.717) is 0 Å². The van der Waals surface area contributed by atoms with E-state index < -0.39 is 0 Å². The quantitative estimate of drug-likeness (QED) is 0.684. The fraction of sp³-hybridized carbons (Fsp3) is 0.474. The van der Waals surface area contributed by atoms with Crippen LogP contribution >= 0.6 is 11.8 Å². The van der Waals surface area contributed by atoms with Gasteiger partial charge in [-0.3, -0.25) is 9.79 Å². The third-order valence-corrected chi connectivity index (χ3v) is 5.73. The number of hydrogen-bond acceptors (Lipinski definition) is 5. The molecule has 1 aromatic carbocycles. The normalized spacial score (nSPS) is 17.9. The Morgan fingerprint density at radius 1 is 1.25 bits per heavy atom. The summed E-state index contributed by atoms with van der Waals surface area (Å²) in [6, 6.07) is 8.32. The minimum absolute atomic E-state index is 0.0939. The summed E-state index contributed by atoms with van der Waals surface area (Å²) in [5, 5.41) is 0.0939. The van der Waals surface area contributed by atoms with Crippen LogP contribution in [0.2, 0.25) is 0 Å². The minimum Gasteiger partial charge on any atom is -0.372 e. The molecule has 1 atom stereocenters. The van der Waals surface area contributed by atoms with Gasteiger partial charge in [0.05, 0.1) is 10.6 Å². The maximum atomic E-state index is 11.7. The summed E-state index contributed by atoms with van der Waals surface area (Å²) in [6.45, 7) is 12.9. The molecule has 0 spiro atoms. The highest BCUT2D eigenvalue weighted by molar-refractivity contribution is 8.05. The number of hydrogen-bond donors (Lipinski definition) is 0. The number of ketones is 1. The lowest BCUT2D eigenvalue weighted by Gasteiger charge is -2.23. The van der Waals surface area contributed by atoms with Gasteiger partial charge in [0.15, 0.2) is 5.78 Å². The monoisotopic (exact) mass is 345 g/mol. The summed E-state index contributed by atoms with van der Waals surface area (Å²) in [6.07, 6.45) is 1.94. The van der Waals surface area contributed by atoms with Gasteiger partial charge in [-0.15, -0.1) is 0 Å². The molecule has 0 aromatic heterocycles. The van der Waals surface area contributed by atoms with Crippen molar-refractivity contribution < 1.29 is 4.79 Å². The van der Waals surface area contributed by atoms with Gasteiger partial charge >= 0.3 is 0 Å². The third-order valence-electron chi connectivity index (χ3n) is 4.30. The molecular weight excluding hydrogens is 318 g/mol. The first-order valence-electron chi connectivity index (χ1n) is 8.56. The summed E-state index contributed by atoms with van der Waals surface area (Å²) in [7, 11) is 0. The van der Waals surface area contributed by atoms with Crippen LogP contribution < -0.4 is 4.90 Å². The molecule has 24 heavy (non-hydrogen) atoms. The second-order valence-electron chi connectivity index (χ2n) is 5.73. The Hall–Kier alpha value is -1.75. The lowest BCUT2D eigenvalue weighted by atomic mass is 10.2. The van der Waals surface area contributed by atoms with E-state index >= 15 is 0 Å². The second kappa shape index (κ2) is 8.38. The third kappa shape index (κ3) is 4.01. The molecule has 0 N–H and O–H groups in total. The molecule has 0 bridgehead atoms. The molecule has 4 nitrogen and oxygen atoms in total. The first-order valence-corrected chi connectivity index (χ1v) is 9.44. The van der Waals surface area contributed by atoms with Crippen LogP contribution in [0.5, 0.6) is 0 Å². The highest BCUT2D eigenvalue weighted by Crippen LogP contribution is 2.37. The van der Waals surface area contributed by atoms with Gasteiger partial charge in [-0.1, -0.05) is 11.8 Å². The first-order chi connectivity index (χ1) is 11.5. The molecule has 1 aliphatic rings. The molecule has 0 saturated heterocycles. The van der Waals surface area contributed by atoms with Gasteiger partial charge in [0.2, 0.25) is 0 Å². The van der Waals surface area contributed by atoms with Crippen LogP contribution in [0, 0.1) is 0 Å². The zero-order valence-electron chi connectivity index (χ0n) is 15.2. The van der Waals surface area contributed by atoms with Crippen LogP contribution in [0.3, 0.4) is 0 Å². The van der Waals surface area contributed by atoms with Gasteiger partial charge in [-0.2, -0.15) is 0 Å². The Kier molecular flexibility index (Phi) is 6.49. The maximum absolute atomic E-state index is 11.7. The van der Waals surface area contributed by atoms with Gasteiger partial charge in [-0.05, 0) is 58.9 Å². The molecule has 0 aliphatic carbocycles. The van der Waals surface area contributed by atoms with Crippen LogP contribution in [0.1, 0.15) is 34.6 Å². The van der Waals surface area contributed by atoms with Gasteiger partial charge in [0.25, 0.3) is 0 Å². The van der Waals surface area contributed by atoms with E-state index in [4.69, 9.17) is 0 Å². The molecular formula is C19H27N3OS. The molecule has 5 heteroatoms. The molecule has 0 fully saturated rings. The number of aliphatic imine (C=N–C) groups is 1. The maximum Gasteiger partial charge on any atom is 0.167 e. The van der Waals surface area contributed by atoms with Crippen LogP contribution in [0.4, 0.5) is 11.4 Å². The van der Waals surface area contributed by atoms with Gasteiger partial charge in [-0.25, -0.2) is 0 Å². The van der Waals surface area contributed by atoms with E-state index in [1.807, 2.05) is 25.3 Å². The van der Waals surface area contributed by atoms with Crippen molar-refractivity contribution in [2.24, 2.45) is 4.99 Å². The van der Waals surface area contributed by atoms with E-state index in [0.717, 1.165) is 35.9 Å². The van der Waals surface area contributed by atoms with Crippen molar-refractivity contribution in [1.29, 1.82) is 0 Å². The topological polar surface area (TPSA) is 35.9 Å². The molecule has 1 aromatic rings. The van der Waals surface area contributed by atoms with Crippen molar-refractivity contribution in [3.8, 4) is 0 Å². The number of anilines is 1. The smallest absolute Gasteiger partial charge is 0.167 e. The molecule has 1 heterocycles. The SMILES string of the molecule is CCN(CC)c1ccc(N=CC2SC(C(C)=O)=C(C)N2CC)cc1. The number of carbonyl (C=O) groups excluding carboxylic acids is 1. The number of thioether (sulfide) groups is 1. The van der Waals surface area contributed by atoms with E-state index in [1.165, 1.54) is 5.69 Å². The van der Waals surface area contributed by atoms with Crippen molar-refractivity contribution in [1.82, 2.24) is 4.90 Å². The number of rotatable bonds is 7. The predicted octanol–water partition coefficient (Wildman–Crippen LogP) is 4.45. The lowest BCUT2D eigenvalue weighted by molar-refractivity contribution is -0.113. The fourth-order valence-electron chi connectivity index (χ4n) is 2.94. The highest BCUT2D eigenvalue weighted by Gasteiger charge is 2.29. The van der Waals surface area contributed by atoms with Crippen LogP contribution in [-0.4, -0.2) is 41.9 Å². The lowest BCUT2D eigenvalue weighted by Crippen LogP contribution is -2.28. The Bertz CT molecular complexity index is 633. The predicted molar refractivity (Wildman–Crippen MR) is 105 cm³/mol. The van der Waals surface area contributed by atoms with E-state index in [-0.39, 0.29) is 11.2 Å². The average Bonchev–Trinajstić information content (AvgIpc) is 2.91. The zero-order valence-corrected chi connectivity index (χ0v) is 16.1. The molecule has 0 amide bonds. The summed E-state index contributed by atoms with van der Waals surface area (Å²) >= 11 is 1.59. The summed E-state index contributed by atoms with van der Waals surface area (Å²) in [5.74, 6) is 0.135. The van der Waals surface area contributed by atoms with E-state index in [9.17, 15) is 4.79 Å². The highest BCUT2D eigenvalue weighted by atomic mass is 32.2. The first kappa shape index (κ1) is 18.6. The molecule has 0 radical (unpaired) electrons. The van der Waals surface area contributed by atoms with E-state index in [2.05, 4.69) is 47.7 Å². The van der Waals surface area contributed by atoms with E-state index in [1.54, 1.807) is 18.7 Å². The Morgan fingerprint density at radius 2 is 1.88 bits per heavy atom. The van der Waals surface area contributed by atoms with Gasteiger partial charge in [0, 0.05) is 37.2 Å². The van der Waals surface area contributed by atoms with Crippen molar-refractivity contribution in [2.75, 3.05) is 24.5 Å². The summed E-state index contributed by atoms with van der Waals surface area (Å²) in [4.78, 5) is 21.7. The molecule has 1 aliphatic heterocycles. The van der Waals surface area contributed by atoms with Crippen LogP contribution in [0.25, 0.3) is 0 Å². The number of nitrogens with zero attached hydrogens (tertiary/aromatic N) is 3. The fourth-order valence-corrected chi connectivity index (χ4v) is 4.20. The number of allylic oxidation sites excluding steroid dienone is 2. The average molecular weight is 346 g/mol. The Labute approximate surface area is 149 Å². The summed E-state index contributed by atoms with van der Waals surface area (Å²) in [5.41, 5.74) is 3.22. The molecule has 1 unspecified atom stereocenters. The minimum atomic E-state index is 0.0939. The molecule has 130 valence electrons. The number of Topliss-reactive ketones (excluding diaryl/α,β-unsaturated/α-hetero) is 1. The van der Waals surface area contributed by atoms with Crippen molar-refractivity contribution >= 4 is 35.1 Å². The second-order valence-corrected chi connectivity index (χ2v) is 6.86.